The molecule has 1 unspecified atom stereocenters. The van der Waals surface area contributed by atoms with Crippen LogP contribution in [0.25, 0.3) is 0 Å². The fourth-order valence-electron chi connectivity index (χ4n) is 3.65. The van der Waals surface area contributed by atoms with Gasteiger partial charge in [-0.3, -0.25) is 0 Å². The van der Waals surface area contributed by atoms with Crippen molar-refractivity contribution in [3.8, 4) is 0 Å². The van der Waals surface area contributed by atoms with Crippen molar-refractivity contribution < 1.29 is 36.7 Å². The maximum absolute atomic E-state index is 13.2. The third-order valence-electron chi connectivity index (χ3n) is 5.79. The molecule has 3 aromatic carbocycles. The molecular weight excluding hydrogens is 468 g/mol. The Morgan fingerprint density at radius 3 is 1.89 bits per heavy atom. The molecular formula is C26H28B2F2O6. The van der Waals surface area contributed by atoms with Gasteiger partial charge in [-0.1, -0.05) is 42.5 Å². The Labute approximate surface area is 210 Å². The second kappa shape index (κ2) is 13.1. The van der Waals surface area contributed by atoms with E-state index in [1.54, 1.807) is 12.1 Å². The van der Waals surface area contributed by atoms with Crippen molar-refractivity contribution >= 4 is 14.6 Å². The first-order chi connectivity index (χ1) is 17.5. The van der Waals surface area contributed by atoms with E-state index in [0.29, 0.717) is 26.4 Å². The average molecular weight is 496 g/mol. The molecule has 2 fully saturated rings. The first kappa shape index (κ1) is 26.5. The molecule has 1 atom stereocenters. The van der Waals surface area contributed by atoms with Gasteiger partial charge in [0.2, 0.25) is 0 Å². The molecule has 0 saturated carbocycles. The lowest BCUT2D eigenvalue weighted by Gasteiger charge is -2.10. The molecule has 0 amide bonds. The highest BCUT2D eigenvalue weighted by atomic mass is 19.1. The summed E-state index contributed by atoms with van der Waals surface area (Å²) < 4.78 is 58.4. The third kappa shape index (κ3) is 7.70. The van der Waals surface area contributed by atoms with Gasteiger partial charge in [-0.15, -0.1) is 0 Å². The lowest BCUT2D eigenvalue weighted by molar-refractivity contribution is 0.153. The van der Waals surface area contributed by atoms with Crippen LogP contribution in [0.1, 0.15) is 33.9 Å². The summed E-state index contributed by atoms with van der Waals surface area (Å²) in [6.45, 7) is 5.94. The SMILES string of the molecule is Cc1ccc(F)cc1COB1OCC(c2ccccc2)O1.Cc1ccc(F)cc1COB1OCCO1. The molecule has 0 radical (unpaired) electrons. The van der Waals surface area contributed by atoms with Gasteiger partial charge in [-0.2, -0.15) is 0 Å². The lowest BCUT2D eigenvalue weighted by Crippen LogP contribution is -2.20. The smallest absolute Gasteiger partial charge is 0.384 e. The first-order valence-corrected chi connectivity index (χ1v) is 11.8. The van der Waals surface area contributed by atoms with Crippen molar-refractivity contribution in [2.24, 2.45) is 0 Å². The quantitative estimate of drug-likeness (QED) is 0.425. The van der Waals surface area contributed by atoms with Gasteiger partial charge in [0.05, 0.1) is 39.1 Å². The van der Waals surface area contributed by atoms with Crippen LogP contribution in [0.5, 0.6) is 0 Å². The lowest BCUT2D eigenvalue weighted by atomic mass is 10.1. The van der Waals surface area contributed by atoms with Crippen molar-refractivity contribution in [2.45, 2.75) is 33.2 Å². The highest BCUT2D eigenvalue weighted by Gasteiger charge is 2.34. The fourth-order valence-corrected chi connectivity index (χ4v) is 3.65. The molecule has 2 heterocycles. The minimum atomic E-state index is -0.710. The predicted octanol–water partition coefficient (Wildman–Crippen LogP) is 5.11. The molecule has 188 valence electrons. The molecule has 5 rings (SSSR count). The molecule has 2 aliphatic heterocycles. The molecule has 0 aliphatic carbocycles. The van der Waals surface area contributed by atoms with Gasteiger partial charge in [0.25, 0.3) is 0 Å². The number of benzene rings is 3. The first-order valence-electron chi connectivity index (χ1n) is 11.8. The third-order valence-corrected chi connectivity index (χ3v) is 5.79. The van der Waals surface area contributed by atoms with Crippen LogP contribution in [0.2, 0.25) is 0 Å². The predicted molar refractivity (Wildman–Crippen MR) is 131 cm³/mol. The van der Waals surface area contributed by atoms with E-state index < -0.39 is 14.6 Å². The Morgan fingerprint density at radius 1 is 0.750 bits per heavy atom. The van der Waals surface area contributed by atoms with Gasteiger partial charge in [0.15, 0.2) is 0 Å². The molecule has 36 heavy (non-hydrogen) atoms. The minimum Gasteiger partial charge on any atom is -0.384 e. The topological polar surface area (TPSA) is 55.4 Å². The van der Waals surface area contributed by atoms with Gasteiger partial charge >= 0.3 is 14.6 Å². The molecule has 2 aliphatic rings. The summed E-state index contributed by atoms with van der Waals surface area (Å²) in [6, 6.07) is 19.1. The highest BCUT2D eigenvalue weighted by molar-refractivity contribution is 6.37. The number of halogens is 2. The van der Waals surface area contributed by atoms with Crippen molar-refractivity contribution in [1.82, 2.24) is 0 Å². The number of hydrogen-bond acceptors (Lipinski definition) is 6. The highest BCUT2D eigenvalue weighted by Crippen LogP contribution is 2.25. The van der Waals surface area contributed by atoms with E-state index in [1.165, 1.54) is 24.3 Å². The molecule has 0 aromatic heterocycles. The summed E-state index contributed by atoms with van der Waals surface area (Å²) in [6.07, 6.45) is -0.121. The number of aryl methyl sites for hydroxylation is 2. The molecule has 6 nitrogen and oxygen atoms in total. The Morgan fingerprint density at radius 2 is 1.31 bits per heavy atom. The fraction of sp³-hybridized carbons (Fsp3) is 0.308. The summed E-state index contributed by atoms with van der Waals surface area (Å²) >= 11 is 0. The summed E-state index contributed by atoms with van der Waals surface area (Å²) in [5.74, 6) is -0.526. The Hall–Kier alpha value is -2.59. The van der Waals surface area contributed by atoms with E-state index in [1.807, 2.05) is 44.2 Å². The zero-order valence-corrected chi connectivity index (χ0v) is 20.3. The number of rotatable bonds is 7. The van der Waals surface area contributed by atoms with Crippen LogP contribution in [-0.4, -0.2) is 34.5 Å². The van der Waals surface area contributed by atoms with Gasteiger partial charge in [0.1, 0.15) is 11.6 Å². The normalized spacial score (nSPS) is 17.3. The Bertz CT molecular complexity index is 1110. The maximum Gasteiger partial charge on any atom is 0.640 e. The summed E-state index contributed by atoms with van der Waals surface area (Å²) in [7, 11) is -1.31. The van der Waals surface area contributed by atoms with Crippen LogP contribution in [0.15, 0.2) is 66.7 Å². The molecule has 10 heteroatoms. The molecule has 2 saturated heterocycles. The van der Waals surface area contributed by atoms with Crippen LogP contribution in [-0.2, 0) is 41.1 Å². The monoisotopic (exact) mass is 496 g/mol. The molecule has 0 bridgehead atoms. The van der Waals surface area contributed by atoms with Crippen molar-refractivity contribution in [3.63, 3.8) is 0 Å². The molecule has 0 spiro atoms. The largest absolute Gasteiger partial charge is 0.640 e. The minimum absolute atomic E-state index is 0.121. The second-order valence-electron chi connectivity index (χ2n) is 8.45. The van der Waals surface area contributed by atoms with Crippen LogP contribution in [0.4, 0.5) is 8.78 Å². The van der Waals surface area contributed by atoms with E-state index in [9.17, 15) is 8.78 Å². The van der Waals surface area contributed by atoms with Crippen molar-refractivity contribution in [3.05, 3.63) is 106 Å². The Kier molecular flexibility index (Phi) is 9.63. The van der Waals surface area contributed by atoms with Gasteiger partial charge in [0, 0.05) is 0 Å². The maximum atomic E-state index is 13.2. The second-order valence-corrected chi connectivity index (χ2v) is 8.45. The molecule has 0 N–H and O–H groups in total. The van der Waals surface area contributed by atoms with Gasteiger partial charge in [-0.25, -0.2) is 8.78 Å². The van der Waals surface area contributed by atoms with E-state index in [2.05, 4.69) is 0 Å². The zero-order chi connectivity index (χ0) is 25.3. The van der Waals surface area contributed by atoms with E-state index in [4.69, 9.17) is 27.9 Å². The van der Waals surface area contributed by atoms with E-state index in [0.717, 1.165) is 27.8 Å². The standard InChI is InChI=1S/C16H16BFO3.C10H12BFO3/c1-12-7-8-15(18)9-14(12)10-19-17-20-11-16(21-17)13-5-3-2-4-6-13;1-8-2-3-10(12)6-9(8)7-15-11-13-4-5-14-11/h2-9,16H,10-11H2,1H3;2-3,6H,4-5,7H2,1H3. The van der Waals surface area contributed by atoms with Gasteiger partial charge < -0.3 is 27.9 Å². The zero-order valence-electron chi connectivity index (χ0n) is 20.3. The van der Waals surface area contributed by atoms with Gasteiger partial charge in [-0.05, 0) is 65.9 Å². The van der Waals surface area contributed by atoms with Crippen LogP contribution < -0.4 is 0 Å². The summed E-state index contributed by atoms with van der Waals surface area (Å²) in [4.78, 5) is 0. The van der Waals surface area contributed by atoms with Crippen LogP contribution >= 0.6 is 0 Å². The Balaban J connectivity index is 0.000000179. The van der Waals surface area contributed by atoms with Crippen LogP contribution in [0, 0.1) is 25.5 Å². The average Bonchev–Trinajstić information content (AvgIpc) is 3.59. The van der Waals surface area contributed by atoms with Crippen molar-refractivity contribution in [1.29, 1.82) is 0 Å². The summed E-state index contributed by atoms with van der Waals surface area (Å²) in [5.41, 5.74) is 4.65. The van der Waals surface area contributed by atoms with E-state index >= 15 is 0 Å². The summed E-state index contributed by atoms with van der Waals surface area (Å²) in [5, 5.41) is 0. The molecule has 3 aromatic rings. The number of hydrogen-bond donors (Lipinski definition) is 0. The van der Waals surface area contributed by atoms with E-state index in [-0.39, 0.29) is 24.3 Å². The van der Waals surface area contributed by atoms with Crippen molar-refractivity contribution in [2.75, 3.05) is 19.8 Å². The van der Waals surface area contributed by atoms with Crippen LogP contribution in [0.3, 0.4) is 0 Å².